The zero-order valence-electron chi connectivity index (χ0n) is 18.5. The summed E-state index contributed by atoms with van der Waals surface area (Å²) in [7, 11) is 3.11. The molecule has 10 heteroatoms. The lowest BCUT2D eigenvalue weighted by Crippen LogP contribution is -2.22. The summed E-state index contributed by atoms with van der Waals surface area (Å²) >= 11 is 1.24. The van der Waals surface area contributed by atoms with Crippen molar-refractivity contribution in [1.29, 1.82) is 0 Å². The fourth-order valence-corrected chi connectivity index (χ4v) is 4.29. The number of nitrogens with zero attached hydrogens (tertiary/aromatic N) is 4. The highest BCUT2D eigenvalue weighted by Gasteiger charge is 2.18. The number of hydrogen-bond acceptors (Lipinski definition) is 7. The summed E-state index contributed by atoms with van der Waals surface area (Å²) in [5.74, 6) is 1.41. The van der Waals surface area contributed by atoms with Crippen LogP contribution in [0.2, 0.25) is 0 Å². The number of carbonyl (C=O) groups excluding carboxylic acids is 1. The Labute approximate surface area is 194 Å². The van der Waals surface area contributed by atoms with E-state index >= 15 is 0 Å². The average Bonchev–Trinajstić information content (AvgIpc) is 3.25. The molecule has 2 aromatic heterocycles. The minimum Gasteiger partial charge on any atom is -0.493 e. The summed E-state index contributed by atoms with van der Waals surface area (Å²) in [6, 6.07) is 10.8. The molecule has 2 heterocycles. The molecule has 0 unspecified atom stereocenters. The Hall–Kier alpha value is -3.79. The predicted octanol–water partition coefficient (Wildman–Crippen LogP) is 3.29. The molecule has 0 saturated carbocycles. The second-order valence-electron chi connectivity index (χ2n) is 7.20. The van der Waals surface area contributed by atoms with Gasteiger partial charge in [-0.05, 0) is 30.7 Å². The lowest BCUT2D eigenvalue weighted by molar-refractivity contribution is -0.113. The number of allylic oxidation sites excluding steroid dienone is 1. The van der Waals surface area contributed by atoms with Gasteiger partial charge >= 0.3 is 0 Å². The fraction of sp³-hybridized carbons (Fsp3) is 0.217. The quantitative estimate of drug-likeness (QED) is 0.315. The van der Waals surface area contributed by atoms with E-state index in [1.54, 1.807) is 42.9 Å². The number of para-hydroxylation sites is 1. The first-order valence-corrected chi connectivity index (χ1v) is 11.1. The normalized spacial score (nSPS) is 11.0. The highest BCUT2D eigenvalue weighted by Crippen LogP contribution is 2.33. The molecule has 1 amide bonds. The van der Waals surface area contributed by atoms with E-state index < -0.39 is 0 Å². The molecule has 0 spiro atoms. The van der Waals surface area contributed by atoms with Crippen LogP contribution in [-0.4, -0.2) is 45.0 Å². The van der Waals surface area contributed by atoms with Crippen LogP contribution < -0.4 is 20.3 Å². The molecular formula is C23H23N5O4S. The van der Waals surface area contributed by atoms with Crippen LogP contribution in [0.15, 0.2) is 59.0 Å². The molecule has 170 valence electrons. The third kappa shape index (κ3) is 4.17. The average molecular weight is 466 g/mol. The third-order valence-electron chi connectivity index (χ3n) is 5.13. The largest absolute Gasteiger partial charge is 0.493 e. The molecule has 0 aliphatic carbocycles. The van der Waals surface area contributed by atoms with Gasteiger partial charge in [0.2, 0.25) is 11.7 Å². The molecule has 4 rings (SSSR count). The number of aromatic nitrogens is 4. The first-order valence-electron chi connectivity index (χ1n) is 10.1. The number of hydrogen-bond donors (Lipinski definition) is 1. The number of amides is 1. The van der Waals surface area contributed by atoms with Gasteiger partial charge in [0.1, 0.15) is 0 Å². The number of benzene rings is 2. The van der Waals surface area contributed by atoms with Crippen molar-refractivity contribution < 1.29 is 14.3 Å². The van der Waals surface area contributed by atoms with Gasteiger partial charge in [0.15, 0.2) is 16.7 Å². The van der Waals surface area contributed by atoms with Gasteiger partial charge in [0.05, 0.1) is 30.9 Å². The van der Waals surface area contributed by atoms with Crippen molar-refractivity contribution >= 4 is 40.0 Å². The van der Waals surface area contributed by atoms with Crippen molar-refractivity contribution in [3.63, 3.8) is 0 Å². The van der Waals surface area contributed by atoms with Crippen LogP contribution in [0, 0.1) is 6.92 Å². The van der Waals surface area contributed by atoms with Crippen LogP contribution in [0.4, 0.5) is 5.69 Å². The number of nitrogens with one attached hydrogen (secondary N) is 1. The van der Waals surface area contributed by atoms with Crippen LogP contribution in [0.5, 0.6) is 11.5 Å². The van der Waals surface area contributed by atoms with E-state index in [9.17, 15) is 9.59 Å². The van der Waals surface area contributed by atoms with E-state index in [4.69, 9.17) is 9.47 Å². The van der Waals surface area contributed by atoms with Crippen molar-refractivity contribution in [2.45, 2.75) is 18.6 Å². The monoisotopic (exact) mass is 465 g/mol. The van der Waals surface area contributed by atoms with Gasteiger partial charge in [-0.25, -0.2) is 0 Å². The highest BCUT2D eigenvalue weighted by molar-refractivity contribution is 7.99. The van der Waals surface area contributed by atoms with Crippen molar-refractivity contribution in [3.05, 3.63) is 65.0 Å². The molecule has 0 saturated heterocycles. The van der Waals surface area contributed by atoms with Gasteiger partial charge in [-0.2, -0.15) is 0 Å². The number of anilines is 1. The fourth-order valence-electron chi connectivity index (χ4n) is 3.55. The van der Waals surface area contributed by atoms with E-state index in [1.807, 2.05) is 25.1 Å². The van der Waals surface area contributed by atoms with Crippen LogP contribution in [-0.2, 0) is 11.3 Å². The maximum absolute atomic E-state index is 12.9. The van der Waals surface area contributed by atoms with Crippen molar-refractivity contribution in [2.75, 3.05) is 25.3 Å². The van der Waals surface area contributed by atoms with Crippen molar-refractivity contribution in [2.24, 2.45) is 0 Å². The summed E-state index contributed by atoms with van der Waals surface area (Å²) < 4.78 is 13.9. The minimum absolute atomic E-state index is 0.101. The highest BCUT2D eigenvalue weighted by atomic mass is 32.2. The van der Waals surface area contributed by atoms with Crippen LogP contribution in [0.3, 0.4) is 0 Å². The standard InChI is InChI=1S/C23H23N5O4S/c1-5-10-27-21(30)15-8-6-7-9-17(15)28-22(27)25-26-23(28)33-13-20(29)24-16-12-19(32-4)18(31-3)11-14(16)2/h5-9,11-12H,1,10,13H2,2-4H3,(H,24,29). The Balaban J connectivity index is 1.62. The van der Waals surface area contributed by atoms with E-state index in [1.165, 1.54) is 16.3 Å². The first kappa shape index (κ1) is 22.4. The summed E-state index contributed by atoms with van der Waals surface area (Å²) in [6.45, 7) is 5.91. The molecule has 0 atom stereocenters. The maximum Gasteiger partial charge on any atom is 0.263 e. The topological polar surface area (TPSA) is 99.8 Å². The van der Waals surface area contributed by atoms with Crippen LogP contribution >= 0.6 is 11.8 Å². The van der Waals surface area contributed by atoms with Gasteiger partial charge in [0.25, 0.3) is 5.56 Å². The summed E-state index contributed by atoms with van der Waals surface area (Å²) in [4.78, 5) is 25.6. The second-order valence-corrected chi connectivity index (χ2v) is 8.14. The Morgan fingerprint density at radius 1 is 1.18 bits per heavy atom. The van der Waals surface area contributed by atoms with Gasteiger partial charge < -0.3 is 14.8 Å². The summed E-state index contributed by atoms with van der Waals surface area (Å²) in [5, 5.41) is 12.4. The van der Waals surface area contributed by atoms with Crippen LogP contribution in [0.25, 0.3) is 16.7 Å². The molecule has 4 aromatic rings. The Morgan fingerprint density at radius 3 is 2.64 bits per heavy atom. The van der Waals surface area contributed by atoms with Crippen molar-refractivity contribution in [3.8, 4) is 11.5 Å². The molecule has 0 fully saturated rings. The number of ether oxygens (including phenoxy) is 2. The van der Waals surface area contributed by atoms with E-state index in [0.29, 0.717) is 45.6 Å². The molecule has 33 heavy (non-hydrogen) atoms. The van der Waals surface area contributed by atoms with Crippen LogP contribution in [0.1, 0.15) is 5.56 Å². The zero-order valence-corrected chi connectivity index (χ0v) is 19.3. The Morgan fingerprint density at radius 2 is 1.91 bits per heavy atom. The molecule has 0 radical (unpaired) electrons. The van der Waals surface area contributed by atoms with Crippen molar-refractivity contribution in [1.82, 2.24) is 19.2 Å². The molecule has 1 N–H and O–H groups in total. The molecule has 0 aliphatic rings. The van der Waals surface area contributed by atoms with Gasteiger partial charge in [-0.1, -0.05) is 30.0 Å². The zero-order chi connectivity index (χ0) is 23.5. The van der Waals surface area contributed by atoms with Gasteiger partial charge in [-0.15, -0.1) is 16.8 Å². The molecule has 9 nitrogen and oxygen atoms in total. The Kier molecular flexibility index (Phi) is 6.36. The number of aryl methyl sites for hydroxylation is 1. The first-order chi connectivity index (χ1) is 16.0. The maximum atomic E-state index is 12.9. The number of methoxy groups -OCH3 is 2. The lowest BCUT2D eigenvalue weighted by Gasteiger charge is -2.13. The van der Waals surface area contributed by atoms with Gasteiger partial charge in [-0.3, -0.25) is 18.6 Å². The van der Waals surface area contributed by atoms with Gasteiger partial charge in [0, 0.05) is 18.3 Å². The molecular weight excluding hydrogens is 442 g/mol. The second kappa shape index (κ2) is 9.37. The lowest BCUT2D eigenvalue weighted by atomic mass is 10.1. The van der Waals surface area contributed by atoms with E-state index in [-0.39, 0.29) is 17.2 Å². The predicted molar refractivity (Wildman–Crippen MR) is 129 cm³/mol. The summed E-state index contributed by atoms with van der Waals surface area (Å²) in [5.41, 5.74) is 2.00. The van der Waals surface area contributed by atoms with E-state index in [2.05, 4.69) is 22.1 Å². The number of thioether (sulfide) groups is 1. The number of fused-ring (bicyclic) bond motifs is 3. The molecule has 0 bridgehead atoms. The number of rotatable bonds is 8. The molecule has 2 aromatic carbocycles. The Bertz CT molecular complexity index is 1430. The third-order valence-corrected chi connectivity index (χ3v) is 6.06. The van der Waals surface area contributed by atoms with E-state index in [0.717, 1.165) is 5.56 Å². The number of carbonyl (C=O) groups is 1. The molecule has 0 aliphatic heterocycles. The SMILES string of the molecule is C=CCn1c(=O)c2ccccc2n2c(SCC(=O)Nc3cc(OC)c(OC)cc3C)nnc12. The smallest absolute Gasteiger partial charge is 0.263 e. The summed E-state index contributed by atoms with van der Waals surface area (Å²) in [6.07, 6.45) is 1.64. The minimum atomic E-state index is -0.212.